The highest BCUT2D eigenvalue weighted by Crippen LogP contribution is 2.44. The standard InChI is InChI=1S/C31H30NO6P/c33-30(32-28-18-16-27(17-19-28)31(34)37-23-26-14-8-3-9-15-26)29(22-25-12-6-2-7-13-25)38-39(35,36)21-20-24-10-4-1-5-11-24/h1-19,29H,20-23H2,(H,32,33)(H,35,36)/t29-/m0/s1. The molecule has 0 heterocycles. The predicted molar refractivity (Wildman–Crippen MR) is 150 cm³/mol. The van der Waals surface area contributed by atoms with Crippen LogP contribution < -0.4 is 5.32 Å². The second kappa shape index (κ2) is 13.7. The van der Waals surface area contributed by atoms with Crippen molar-refractivity contribution < 1.29 is 28.3 Å². The van der Waals surface area contributed by atoms with E-state index in [0.717, 1.165) is 16.7 Å². The quantitative estimate of drug-likeness (QED) is 0.167. The second-order valence-corrected chi connectivity index (χ2v) is 10.9. The van der Waals surface area contributed by atoms with Crippen molar-refractivity contribution in [2.24, 2.45) is 0 Å². The van der Waals surface area contributed by atoms with E-state index in [9.17, 15) is 19.0 Å². The van der Waals surface area contributed by atoms with Gasteiger partial charge in [-0.25, -0.2) is 4.79 Å². The van der Waals surface area contributed by atoms with Crippen LogP contribution in [0, 0.1) is 0 Å². The van der Waals surface area contributed by atoms with Crippen molar-refractivity contribution in [2.45, 2.75) is 25.6 Å². The van der Waals surface area contributed by atoms with Gasteiger partial charge in [0, 0.05) is 12.1 Å². The van der Waals surface area contributed by atoms with Crippen LogP contribution in [0.2, 0.25) is 0 Å². The third-order valence-electron chi connectivity index (χ3n) is 5.98. The summed E-state index contributed by atoms with van der Waals surface area (Å²) in [5.41, 5.74) is 3.32. The van der Waals surface area contributed by atoms with Gasteiger partial charge in [0.2, 0.25) is 0 Å². The van der Waals surface area contributed by atoms with Gasteiger partial charge in [-0.15, -0.1) is 0 Å². The van der Waals surface area contributed by atoms with Crippen molar-refractivity contribution in [2.75, 3.05) is 11.5 Å². The van der Waals surface area contributed by atoms with Crippen molar-refractivity contribution in [1.29, 1.82) is 0 Å². The lowest BCUT2D eigenvalue weighted by Crippen LogP contribution is -2.32. The number of carbonyl (C=O) groups is 2. The average molecular weight is 544 g/mol. The molecule has 0 fully saturated rings. The van der Waals surface area contributed by atoms with E-state index in [1.807, 2.05) is 91.0 Å². The van der Waals surface area contributed by atoms with Crippen LogP contribution in [0.15, 0.2) is 115 Å². The third kappa shape index (κ3) is 9.04. The number of aryl methyl sites for hydroxylation is 1. The first-order chi connectivity index (χ1) is 18.9. The first kappa shape index (κ1) is 28.0. The van der Waals surface area contributed by atoms with E-state index in [1.165, 1.54) is 0 Å². The van der Waals surface area contributed by atoms with Gasteiger partial charge in [0.15, 0.2) is 0 Å². The maximum Gasteiger partial charge on any atom is 0.338 e. The maximum atomic E-state index is 13.2. The van der Waals surface area contributed by atoms with Crippen molar-refractivity contribution in [3.05, 3.63) is 138 Å². The number of rotatable bonds is 12. The van der Waals surface area contributed by atoms with Gasteiger partial charge in [-0.3, -0.25) is 13.9 Å². The third-order valence-corrected chi connectivity index (χ3v) is 7.35. The Morgan fingerprint density at radius 3 is 1.87 bits per heavy atom. The summed E-state index contributed by atoms with van der Waals surface area (Å²) in [5.74, 6) is -1.05. The van der Waals surface area contributed by atoms with Crippen molar-refractivity contribution in [3.8, 4) is 0 Å². The Kier molecular flexibility index (Phi) is 9.81. The Hall–Kier alpha value is -4.03. The molecule has 2 N–H and O–H groups in total. The molecular weight excluding hydrogens is 513 g/mol. The van der Waals surface area contributed by atoms with Gasteiger partial charge in [-0.1, -0.05) is 91.0 Å². The Morgan fingerprint density at radius 1 is 0.744 bits per heavy atom. The zero-order valence-corrected chi connectivity index (χ0v) is 22.2. The molecule has 0 saturated carbocycles. The van der Waals surface area contributed by atoms with E-state index in [4.69, 9.17) is 9.26 Å². The summed E-state index contributed by atoms with van der Waals surface area (Å²) in [6.45, 7) is 0.155. The monoisotopic (exact) mass is 543 g/mol. The molecule has 200 valence electrons. The van der Waals surface area contributed by atoms with E-state index in [2.05, 4.69) is 5.32 Å². The molecule has 39 heavy (non-hydrogen) atoms. The van der Waals surface area contributed by atoms with Crippen molar-refractivity contribution >= 4 is 25.2 Å². The molecule has 4 rings (SSSR count). The fourth-order valence-corrected chi connectivity index (χ4v) is 5.11. The number of carbonyl (C=O) groups excluding carboxylic acids is 2. The van der Waals surface area contributed by atoms with E-state index in [0.29, 0.717) is 17.7 Å². The van der Waals surface area contributed by atoms with Crippen LogP contribution in [0.1, 0.15) is 27.0 Å². The van der Waals surface area contributed by atoms with Crippen LogP contribution in [-0.2, 0) is 38.1 Å². The highest BCUT2D eigenvalue weighted by atomic mass is 31.2. The summed E-state index contributed by atoms with van der Waals surface area (Å²) in [4.78, 5) is 36.2. The summed E-state index contributed by atoms with van der Waals surface area (Å²) < 4.78 is 23.8. The van der Waals surface area contributed by atoms with Crippen molar-refractivity contribution in [3.63, 3.8) is 0 Å². The number of hydrogen-bond acceptors (Lipinski definition) is 5. The molecule has 0 radical (unpaired) electrons. The summed E-state index contributed by atoms with van der Waals surface area (Å²) in [7, 11) is -4.09. The van der Waals surface area contributed by atoms with Crippen molar-refractivity contribution in [1.82, 2.24) is 0 Å². The normalized spacial score (nSPS) is 13.2. The molecule has 0 saturated heterocycles. The summed E-state index contributed by atoms with van der Waals surface area (Å²) in [5, 5.41) is 2.73. The SMILES string of the molecule is O=C(OCc1ccccc1)c1ccc(NC(=O)[C@H](Cc2ccccc2)OP(=O)(O)CCc2ccccc2)cc1. The van der Waals surface area contributed by atoms with Gasteiger partial charge in [-0.2, -0.15) is 0 Å². The first-order valence-electron chi connectivity index (χ1n) is 12.6. The lowest BCUT2D eigenvalue weighted by Gasteiger charge is -2.21. The van der Waals surface area contributed by atoms with Crippen LogP contribution >= 0.6 is 7.60 Å². The van der Waals surface area contributed by atoms with Crippen LogP contribution in [0.25, 0.3) is 0 Å². The molecule has 7 nitrogen and oxygen atoms in total. The molecule has 8 heteroatoms. The number of amides is 1. The molecule has 4 aromatic carbocycles. The minimum Gasteiger partial charge on any atom is -0.457 e. The molecule has 1 amide bonds. The fraction of sp³-hybridized carbons (Fsp3) is 0.161. The molecule has 4 aromatic rings. The summed E-state index contributed by atoms with van der Waals surface area (Å²) in [6.07, 6.45) is -0.854. The minimum absolute atomic E-state index is 0.116. The maximum absolute atomic E-state index is 13.2. The highest BCUT2D eigenvalue weighted by Gasteiger charge is 2.30. The first-order valence-corrected chi connectivity index (χ1v) is 14.3. The Labute approximate surface area is 228 Å². The molecular formula is C31H30NO6P. The average Bonchev–Trinajstić information content (AvgIpc) is 2.96. The number of anilines is 1. The van der Waals surface area contributed by atoms with E-state index >= 15 is 0 Å². The molecule has 2 atom stereocenters. The fourth-order valence-electron chi connectivity index (χ4n) is 3.89. The summed E-state index contributed by atoms with van der Waals surface area (Å²) in [6, 6.07) is 34.1. The molecule has 0 aromatic heterocycles. The minimum atomic E-state index is -4.09. The van der Waals surface area contributed by atoms with E-state index in [1.54, 1.807) is 24.3 Å². The number of benzene rings is 4. The number of ether oxygens (including phenoxy) is 1. The van der Waals surface area contributed by atoms with Gasteiger partial charge in [0.25, 0.3) is 5.91 Å². The van der Waals surface area contributed by atoms with Gasteiger partial charge < -0.3 is 14.9 Å². The molecule has 0 bridgehead atoms. The Bertz CT molecular complexity index is 1400. The van der Waals surface area contributed by atoms with E-state index < -0.39 is 25.6 Å². The van der Waals surface area contributed by atoms with E-state index in [-0.39, 0.29) is 19.2 Å². The molecule has 0 spiro atoms. The zero-order chi connectivity index (χ0) is 27.5. The number of nitrogens with one attached hydrogen (secondary N) is 1. The van der Waals surface area contributed by atoms with Crippen LogP contribution in [0.5, 0.6) is 0 Å². The molecule has 1 unspecified atom stereocenters. The largest absolute Gasteiger partial charge is 0.457 e. The topological polar surface area (TPSA) is 102 Å². The second-order valence-electron chi connectivity index (χ2n) is 9.01. The zero-order valence-electron chi connectivity index (χ0n) is 21.3. The lowest BCUT2D eigenvalue weighted by atomic mass is 10.1. The van der Waals surface area contributed by atoms with Crippen LogP contribution in [0.3, 0.4) is 0 Å². The van der Waals surface area contributed by atoms with Gasteiger partial charge >= 0.3 is 13.6 Å². The summed E-state index contributed by atoms with van der Waals surface area (Å²) >= 11 is 0. The lowest BCUT2D eigenvalue weighted by molar-refractivity contribution is -0.123. The highest BCUT2D eigenvalue weighted by molar-refractivity contribution is 7.52. The van der Waals surface area contributed by atoms with Gasteiger partial charge in [0.05, 0.1) is 11.7 Å². The van der Waals surface area contributed by atoms with Crippen LogP contribution in [0.4, 0.5) is 5.69 Å². The van der Waals surface area contributed by atoms with Gasteiger partial charge in [0.1, 0.15) is 12.7 Å². The molecule has 0 aliphatic carbocycles. The Morgan fingerprint density at radius 2 is 1.28 bits per heavy atom. The number of esters is 1. The molecule has 0 aliphatic heterocycles. The van der Waals surface area contributed by atoms with Gasteiger partial charge in [-0.05, 0) is 47.4 Å². The predicted octanol–water partition coefficient (Wildman–Crippen LogP) is 6.04. The Balaban J connectivity index is 1.39. The molecule has 0 aliphatic rings. The smallest absolute Gasteiger partial charge is 0.338 e. The van der Waals surface area contributed by atoms with Crippen LogP contribution in [-0.4, -0.2) is 29.0 Å². The number of hydrogen-bond donors (Lipinski definition) is 2.